The zero-order chi connectivity index (χ0) is 19.9. The number of esters is 1. The predicted molar refractivity (Wildman–Crippen MR) is 101 cm³/mol. The highest BCUT2D eigenvalue weighted by Gasteiger charge is 2.26. The molecule has 0 N–H and O–H groups in total. The van der Waals surface area contributed by atoms with Crippen molar-refractivity contribution >= 4 is 16.0 Å². The molecule has 0 bridgehead atoms. The van der Waals surface area contributed by atoms with Gasteiger partial charge in [-0.15, -0.1) is 0 Å². The average molecular weight is 393 g/mol. The van der Waals surface area contributed by atoms with Crippen molar-refractivity contribution < 1.29 is 27.4 Å². The average Bonchev–Trinajstić information content (AvgIpc) is 2.68. The van der Waals surface area contributed by atoms with Gasteiger partial charge in [0, 0.05) is 13.1 Å². The number of ether oxygens (including phenoxy) is 3. The molecule has 2 rings (SSSR count). The Morgan fingerprint density at radius 2 is 1.22 bits per heavy atom. The van der Waals surface area contributed by atoms with Gasteiger partial charge < -0.3 is 14.2 Å². The van der Waals surface area contributed by atoms with Crippen LogP contribution >= 0.6 is 0 Å². The Balaban J connectivity index is 2.26. The van der Waals surface area contributed by atoms with Crippen molar-refractivity contribution in [2.45, 2.75) is 13.1 Å². The number of rotatable bonds is 9. The Hall–Kier alpha value is -2.58. The summed E-state index contributed by atoms with van der Waals surface area (Å²) in [7, 11) is 0.419. The Morgan fingerprint density at radius 1 is 0.815 bits per heavy atom. The summed E-state index contributed by atoms with van der Waals surface area (Å²) in [5.74, 6) is -0.157. The standard InChI is InChI=1S/C19H23NO6S/c1-24-17-8-4-15(5-9-17)12-20(27(22,23)14-19(21)26-3)13-16-6-10-18(25-2)11-7-16/h4-11H,12-14H2,1-3H3. The maximum atomic E-state index is 12.7. The van der Waals surface area contributed by atoms with Crippen LogP contribution in [0.25, 0.3) is 0 Å². The van der Waals surface area contributed by atoms with E-state index in [1.54, 1.807) is 62.8 Å². The molecular formula is C19H23NO6S. The van der Waals surface area contributed by atoms with Gasteiger partial charge >= 0.3 is 5.97 Å². The number of sulfonamides is 1. The SMILES string of the molecule is COC(=O)CS(=O)(=O)N(Cc1ccc(OC)cc1)Cc1ccc(OC)cc1. The van der Waals surface area contributed by atoms with Crippen LogP contribution in [0.1, 0.15) is 11.1 Å². The number of hydrogen-bond acceptors (Lipinski definition) is 6. The van der Waals surface area contributed by atoms with E-state index in [-0.39, 0.29) is 13.1 Å². The highest BCUT2D eigenvalue weighted by atomic mass is 32.2. The molecule has 27 heavy (non-hydrogen) atoms. The molecule has 0 fully saturated rings. The minimum absolute atomic E-state index is 0.120. The molecule has 8 heteroatoms. The molecule has 0 unspecified atom stereocenters. The van der Waals surface area contributed by atoms with E-state index in [0.29, 0.717) is 11.5 Å². The summed E-state index contributed by atoms with van der Waals surface area (Å²) in [6.07, 6.45) is 0. The van der Waals surface area contributed by atoms with E-state index in [1.165, 1.54) is 4.31 Å². The topological polar surface area (TPSA) is 82.1 Å². The zero-order valence-electron chi connectivity index (χ0n) is 15.5. The fraction of sp³-hybridized carbons (Fsp3) is 0.316. The zero-order valence-corrected chi connectivity index (χ0v) is 16.4. The summed E-state index contributed by atoms with van der Waals surface area (Å²) >= 11 is 0. The van der Waals surface area contributed by atoms with Crippen LogP contribution in [0, 0.1) is 0 Å². The van der Waals surface area contributed by atoms with Gasteiger partial charge in [0.2, 0.25) is 10.0 Å². The highest BCUT2D eigenvalue weighted by Crippen LogP contribution is 2.19. The van der Waals surface area contributed by atoms with Gasteiger partial charge in [-0.3, -0.25) is 4.79 Å². The maximum absolute atomic E-state index is 12.7. The molecule has 146 valence electrons. The van der Waals surface area contributed by atoms with E-state index in [4.69, 9.17) is 9.47 Å². The summed E-state index contributed by atoms with van der Waals surface area (Å²) in [5, 5.41) is 0. The van der Waals surface area contributed by atoms with Crippen LogP contribution in [0.15, 0.2) is 48.5 Å². The second-order valence-corrected chi connectivity index (χ2v) is 7.77. The first-order valence-corrected chi connectivity index (χ1v) is 9.79. The third-order valence-corrected chi connectivity index (χ3v) is 5.60. The second kappa shape index (κ2) is 9.38. The number of nitrogens with zero attached hydrogens (tertiary/aromatic N) is 1. The minimum atomic E-state index is -3.87. The van der Waals surface area contributed by atoms with Crippen molar-refractivity contribution in [2.75, 3.05) is 27.1 Å². The molecule has 7 nitrogen and oxygen atoms in total. The van der Waals surface area contributed by atoms with Crippen LogP contribution in [-0.4, -0.2) is 45.8 Å². The van der Waals surface area contributed by atoms with Crippen LogP contribution in [-0.2, 0) is 32.6 Å². The van der Waals surface area contributed by atoms with Crippen LogP contribution in [0.3, 0.4) is 0 Å². The van der Waals surface area contributed by atoms with E-state index in [2.05, 4.69) is 4.74 Å². The first-order chi connectivity index (χ1) is 12.9. The molecule has 0 atom stereocenters. The smallest absolute Gasteiger partial charge is 0.322 e. The molecule has 0 aromatic heterocycles. The fourth-order valence-corrected chi connectivity index (χ4v) is 3.71. The number of carbonyl (C=O) groups excluding carboxylic acids is 1. The monoisotopic (exact) mass is 393 g/mol. The molecule has 2 aromatic carbocycles. The van der Waals surface area contributed by atoms with Gasteiger partial charge in [0.1, 0.15) is 11.5 Å². The van der Waals surface area contributed by atoms with E-state index in [9.17, 15) is 13.2 Å². The van der Waals surface area contributed by atoms with Crippen molar-refractivity contribution in [3.63, 3.8) is 0 Å². The molecule has 0 amide bonds. The molecule has 0 saturated carbocycles. The number of carbonyl (C=O) groups is 1. The van der Waals surface area contributed by atoms with Crippen molar-refractivity contribution in [2.24, 2.45) is 0 Å². The van der Waals surface area contributed by atoms with Crippen molar-refractivity contribution in [1.82, 2.24) is 4.31 Å². The van der Waals surface area contributed by atoms with Gasteiger partial charge in [-0.05, 0) is 35.4 Å². The van der Waals surface area contributed by atoms with E-state index < -0.39 is 21.7 Å². The normalized spacial score (nSPS) is 11.3. The van der Waals surface area contributed by atoms with Crippen LogP contribution in [0.4, 0.5) is 0 Å². The lowest BCUT2D eigenvalue weighted by Crippen LogP contribution is -2.35. The summed E-state index contributed by atoms with van der Waals surface area (Å²) in [5.41, 5.74) is 1.55. The lowest BCUT2D eigenvalue weighted by Gasteiger charge is -2.22. The van der Waals surface area contributed by atoms with Gasteiger partial charge in [-0.25, -0.2) is 8.42 Å². The van der Waals surface area contributed by atoms with Gasteiger partial charge in [0.15, 0.2) is 5.75 Å². The van der Waals surface area contributed by atoms with Crippen molar-refractivity contribution in [3.05, 3.63) is 59.7 Å². The first-order valence-electron chi connectivity index (χ1n) is 8.18. The number of methoxy groups -OCH3 is 3. The van der Waals surface area contributed by atoms with E-state index >= 15 is 0 Å². The van der Waals surface area contributed by atoms with Gasteiger partial charge in [0.25, 0.3) is 0 Å². The molecule has 0 heterocycles. The molecule has 0 spiro atoms. The highest BCUT2D eigenvalue weighted by molar-refractivity contribution is 7.89. The third-order valence-electron chi connectivity index (χ3n) is 3.96. The van der Waals surface area contributed by atoms with Gasteiger partial charge in [0.05, 0.1) is 21.3 Å². The predicted octanol–water partition coefficient (Wildman–Crippen LogP) is 2.21. The quantitative estimate of drug-likeness (QED) is 0.608. The van der Waals surface area contributed by atoms with Gasteiger partial charge in [-0.1, -0.05) is 24.3 Å². The van der Waals surface area contributed by atoms with Gasteiger partial charge in [-0.2, -0.15) is 4.31 Å². The maximum Gasteiger partial charge on any atom is 0.322 e. The Labute approximate surface area is 159 Å². The lowest BCUT2D eigenvalue weighted by molar-refractivity contribution is -0.137. The van der Waals surface area contributed by atoms with E-state index in [0.717, 1.165) is 18.2 Å². The lowest BCUT2D eigenvalue weighted by atomic mass is 10.2. The summed E-state index contributed by atoms with van der Waals surface area (Å²) in [6.45, 7) is 0.241. The molecule has 0 aliphatic carbocycles. The Bertz CT molecular complexity index is 797. The summed E-state index contributed by atoms with van der Waals surface area (Å²) in [4.78, 5) is 11.5. The molecule has 0 saturated heterocycles. The largest absolute Gasteiger partial charge is 0.497 e. The molecule has 0 aliphatic heterocycles. The Kier molecular flexibility index (Phi) is 7.20. The summed E-state index contributed by atoms with van der Waals surface area (Å²) in [6, 6.07) is 14.2. The summed E-state index contributed by atoms with van der Waals surface area (Å²) < 4.78 is 41.5. The van der Waals surface area contributed by atoms with Crippen LogP contribution in [0.2, 0.25) is 0 Å². The van der Waals surface area contributed by atoms with Crippen molar-refractivity contribution in [3.8, 4) is 11.5 Å². The van der Waals surface area contributed by atoms with Crippen LogP contribution < -0.4 is 9.47 Å². The number of benzene rings is 2. The third kappa shape index (κ3) is 5.97. The van der Waals surface area contributed by atoms with E-state index in [1.807, 2.05) is 0 Å². The molecule has 0 radical (unpaired) electrons. The number of hydrogen-bond donors (Lipinski definition) is 0. The van der Waals surface area contributed by atoms with Crippen molar-refractivity contribution in [1.29, 1.82) is 0 Å². The molecule has 0 aliphatic rings. The first kappa shape index (κ1) is 20.7. The fourth-order valence-electron chi connectivity index (χ4n) is 2.42. The Morgan fingerprint density at radius 3 is 1.56 bits per heavy atom. The second-order valence-electron chi connectivity index (χ2n) is 5.80. The molecular weight excluding hydrogens is 370 g/mol. The molecule has 2 aromatic rings. The minimum Gasteiger partial charge on any atom is -0.497 e. The van der Waals surface area contributed by atoms with Crippen LogP contribution in [0.5, 0.6) is 11.5 Å².